The predicted molar refractivity (Wildman–Crippen MR) is 52.0 cm³/mol. The van der Waals surface area contributed by atoms with E-state index in [1.165, 1.54) is 0 Å². The summed E-state index contributed by atoms with van der Waals surface area (Å²) < 4.78 is 5.43. The maximum atomic E-state index is 10.8. The van der Waals surface area contributed by atoms with Gasteiger partial charge in [0, 0.05) is 5.57 Å². The maximum Gasteiger partial charge on any atom is 0.331 e. The first-order valence-electron chi connectivity index (χ1n) is 5.15. The molecule has 0 spiro atoms. The van der Waals surface area contributed by atoms with Gasteiger partial charge in [-0.3, -0.25) is 0 Å². The molecule has 0 aromatic carbocycles. The van der Waals surface area contributed by atoms with Crippen LogP contribution in [0.4, 0.5) is 0 Å². The molecule has 1 saturated heterocycles. The third-order valence-electron chi connectivity index (χ3n) is 3.53. The summed E-state index contributed by atoms with van der Waals surface area (Å²) in [5, 5.41) is 8.87. The van der Waals surface area contributed by atoms with E-state index in [-0.39, 0.29) is 0 Å². The molecule has 1 heterocycles. The summed E-state index contributed by atoms with van der Waals surface area (Å²) in [6.07, 6.45) is 4.10. The second-order valence-electron chi connectivity index (χ2n) is 4.34. The fraction of sp³-hybridized carbons (Fsp3) is 0.727. The van der Waals surface area contributed by atoms with E-state index >= 15 is 0 Å². The number of hydrogen-bond donors (Lipinski definition) is 1. The molecular weight excluding hydrogens is 180 g/mol. The van der Waals surface area contributed by atoms with Crippen LogP contribution in [0.3, 0.4) is 0 Å². The van der Waals surface area contributed by atoms with Crippen molar-refractivity contribution in [2.75, 3.05) is 0 Å². The van der Waals surface area contributed by atoms with Gasteiger partial charge in [0.05, 0.1) is 12.2 Å². The SMILES string of the molecule is C/C(C(=O)O)=C(/C)C1CCC2OC2C1. The zero-order chi connectivity index (χ0) is 10.3. The summed E-state index contributed by atoms with van der Waals surface area (Å²) in [4.78, 5) is 10.8. The standard InChI is InChI=1S/C11H16O3/c1-6(7(2)11(12)13)8-3-4-9-10(5-8)14-9/h8-10H,3-5H2,1-2H3,(H,12,13)/b7-6+. The third-order valence-corrected chi connectivity index (χ3v) is 3.53. The number of carbonyl (C=O) groups is 1. The molecule has 0 amide bonds. The molecule has 3 nitrogen and oxygen atoms in total. The predicted octanol–water partition coefficient (Wildman–Crippen LogP) is 1.97. The van der Waals surface area contributed by atoms with Crippen LogP contribution >= 0.6 is 0 Å². The van der Waals surface area contributed by atoms with Gasteiger partial charge in [0.25, 0.3) is 0 Å². The number of hydrogen-bond acceptors (Lipinski definition) is 2. The number of ether oxygens (including phenoxy) is 1. The Balaban J connectivity index is 2.06. The van der Waals surface area contributed by atoms with Gasteiger partial charge in [-0.2, -0.15) is 0 Å². The summed E-state index contributed by atoms with van der Waals surface area (Å²) in [7, 11) is 0. The van der Waals surface area contributed by atoms with Crippen molar-refractivity contribution < 1.29 is 14.6 Å². The average molecular weight is 196 g/mol. The van der Waals surface area contributed by atoms with Crippen LogP contribution < -0.4 is 0 Å². The topological polar surface area (TPSA) is 49.8 Å². The Morgan fingerprint density at radius 2 is 2.00 bits per heavy atom. The highest BCUT2D eigenvalue weighted by molar-refractivity contribution is 5.86. The van der Waals surface area contributed by atoms with Gasteiger partial charge in [-0.25, -0.2) is 4.79 Å². The van der Waals surface area contributed by atoms with Crippen LogP contribution in [0.15, 0.2) is 11.1 Å². The first kappa shape index (κ1) is 9.71. The fourth-order valence-electron chi connectivity index (χ4n) is 2.27. The van der Waals surface area contributed by atoms with E-state index < -0.39 is 5.97 Å². The Labute approximate surface area is 83.8 Å². The number of rotatable bonds is 2. The number of carboxylic acid groups (broad SMARTS) is 1. The van der Waals surface area contributed by atoms with E-state index in [9.17, 15) is 4.79 Å². The van der Waals surface area contributed by atoms with Crippen molar-refractivity contribution in [2.45, 2.75) is 45.3 Å². The molecular formula is C11H16O3. The molecule has 1 saturated carbocycles. The summed E-state index contributed by atoms with van der Waals surface area (Å²) in [6, 6.07) is 0. The number of fused-ring (bicyclic) bond motifs is 1. The Morgan fingerprint density at radius 1 is 1.29 bits per heavy atom. The van der Waals surface area contributed by atoms with Crippen molar-refractivity contribution in [3.8, 4) is 0 Å². The minimum Gasteiger partial charge on any atom is -0.478 e. The van der Waals surface area contributed by atoms with Crippen molar-refractivity contribution in [2.24, 2.45) is 5.92 Å². The largest absolute Gasteiger partial charge is 0.478 e. The number of carboxylic acids is 1. The summed E-state index contributed by atoms with van der Waals surface area (Å²) in [6.45, 7) is 3.63. The van der Waals surface area contributed by atoms with E-state index in [2.05, 4.69) is 0 Å². The molecule has 0 bridgehead atoms. The van der Waals surface area contributed by atoms with Crippen LogP contribution in [0, 0.1) is 5.92 Å². The van der Waals surface area contributed by atoms with Gasteiger partial charge in [-0.15, -0.1) is 0 Å². The van der Waals surface area contributed by atoms with Gasteiger partial charge >= 0.3 is 5.97 Å². The Morgan fingerprint density at radius 3 is 2.57 bits per heavy atom. The van der Waals surface area contributed by atoms with Crippen LogP contribution in [0.5, 0.6) is 0 Å². The summed E-state index contributed by atoms with van der Waals surface area (Å²) in [5.74, 6) is -0.365. The second-order valence-corrected chi connectivity index (χ2v) is 4.34. The highest BCUT2D eigenvalue weighted by Gasteiger charge is 2.44. The Bertz CT molecular complexity index is 293. The highest BCUT2D eigenvalue weighted by Crippen LogP contribution is 2.42. The normalized spacial score (nSPS) is 37.1. The Kier molecular flexibility index (Phi) is 2.35. The number of epoxide rings is 1. The fourth-order valence-corrected chi connectivity index (χ4v) is 2.27. The molecule has 0 aromatic heterocycles. The molecule has 2 aliphatic rings. The molecule has 0 aromatic rings. The van der Waals surface area contributed by atoms with E-state index in [0.717, 1.165) is 24.8 Å². The third kappa shape index (κ3) is 1.69. The van der Waals surface area contributed by atoms with Gasteiger partial charge in [0.1, 0.15) is 0 Å². The van der Waals surface area contributed by atoms with Crippen LogP contribution in [-0.4, -0.2) is 23.3 Å². The van der Waals surface area contributed by atoms with Crippen LogP contribution in [0.1, 0.15) is 33.1 Å². The summed E-state index contributed by atoms with van der Waals surface area (Å²) >= 11 is 0. The van der Waals surface area contributed by atoms with Gasteiger partial charge < -0.3 is 9.84 Å². The molecule has 1 aliphatic heterocycles. The van der Waals surface area contributed by atoms with Gasteiger partial charge in [-0.1, -0.05) is 5.57 Å². The zero-order valence-electron chi connectivity index (χ0n) is 8.62. The zero-order valence-corrected chi connectivity index (χ0v) is 8.62. The highest BCUT2D eigenvalue weighted by atomic mass is 16.6. The van der Waals surface area contributed by atoms with Crippen molar-refractivity contribution in [1.82, 2.24) is 0 Å². The van der Waals surface area contributed by atoms with Crippen molar-refractivity contribution >= 4 is 5.97 Å². The first-order valence-corrected chi connectivity index (χ1v) is 5.15. The number of aliphatic carboxylic acids is 1. The molecule has 3 heteroatoms. The molecule has 1 N–H and O–H groups in total. The van der Waals surface area contributed by atoms with E-state index in [4.69, 9.17) is 9.84 Å². The monoisotopic (exact) mass is 196 g/mol. The lowest BCUT2D eigenvalue weighted by Gasteiger charge is -2.20. The van der Waals surface area contributed by atoms with Crippen molar-refractivity contribution in [3.63, 3.8) is 0 Å². The van der Waals surface area contributed by atoms with Crippen LogP contribution in [0.2, 0.25) is 0 Å². The van der Waals surface area contributed by atoms with Crippen LogP contribution in [0.25, 0.3) is 0 Å². The van der Waals surface area contributed by atoms with Crippen LogP contribution in [-0.2, 0) is 9.53 Å². The minimum absolute atomic E-state index is 0.422. The van der Waals surface area contributed by atoms with Crippen molar-refractivity contribution in [3.05, 3.63) is 11.1 Å². The van der Waals surface area contributed by atoms with E-state index in [1.807, 2.05) is 6.92 Å². The van der Waals surface area contributed by atoms with Gasteiger partial charge in [-0.05, 0) is 39.0 Å². The van der Waals surface area contributed by atoms with Gasteiger partial charge in [0.15, 0.2) is 0 Å². The maximum absolute atomic E-state index is 10.8. The molecule has 3 atom stereocenters. The minimum atomic E-state index is -0.790. The van der Waals surface area contributed by atoms with E-state index in [0.29, 0.717) is 23.7 Å². The summed E-state index contributed by atoms with van der Waals surface area (Å²) in [5.41, 5.74) is 1.54. The first-order chi connectivity index (χ1) is 6.59. The molecule has 14 heavy (non-hydrogen) atoms. The van der Waals surface area contributed by atoms with Gasteiger partial charge in [0.2, 0.25) is 0 Å². The molecule has 2 rings (SSSR count). The lowest BCUT2D eigenvalue weighted by molar-refractivity contribution is -0.132. The Hall–Kier alpha value is -0.830. The smallest absolute Gasteiger partial charge is 0.331 e. The molecule has 2 fully saturated rings. The molecule has 0 radical (unpaired) electrons. The quantitative estimate of drug-likeness (QED) is 0.542. The average Bonchev–Trinajstić information content (AvgIpc) is 2.92. The molecule has 78 valence electrons. The molecule has 1 aliphatic carbocycles. The second kappa shape index (κ2) is 3.39. The lowest BCUT2D eigenvalue weighted by Crippen LogP contribution is -2.16. The molecule has 3 unspecified atom stereocenters. The van der Waals surface area contributed by atoms with E-state index in [1.54, 1.807) is 6.92 Å². The lowest BCUT2D eigenvalue weighted by atomic mass is 9.83. The van der Waals surface area contributed by atoms with Crippen molar-refractivity contribution in [1.29, 1.82) is 0 Å². The number of allylic oxidation sites excluding steroid dienone is 1.